The van der Waals surface area contributed by atoms with Crippen LogP contribution in [0.4, 0.5) is 0 Å². The Morgan fingerprint density at radius 2 is 1.38 bits per heavy atom. The minimum absolute atomic E-state index is 0.0538. The zero-order valence-corrected chi connectivity index (χ0v) is 12.1. The van der Waals surface area contributed by atoms with E-state index in [4.69, 9.17) is 12.6 Å². The Balaban J connectivity index is 4.31. The van der Waals surface area contributed by atoms with Gasteiger partial charge in [0.2, 0.25) is 0 Å². The first kappa shape index (κ1) is 16.0. The van der Waals surface area contributed by atoms with Crippen molar-refractivity contribution in [1.29, 1.82) is 0 Å². The Labute approximate surface area is 104 Å². The monoisotopic (exact) mass is 224 g/mol. The van der Waals surface area contributed by atoms with Gasteiger partial charge in [-0.05, 0) is 31.6 Å². The molecular formula is C14H29BO. The fraction of sp³-hybridized carbons (Fsp3) is 1.00. The van der Waals surface area contributed by atoms with Crippen molar-refractivity contribution >= 4 is 7.85 Å². The molecule has 2 radical (unpaired) electrons. The van der Waals surface area contributed by atoms with Crippen LogP contribution in [-0.4, -0.2) is 19.5 Å². The predicted molar refractivity (Wildman–Crippen MR) is 72.9 cm³/mol. The third-order valence-electron chi connectivity index (χ3n) is 4.33. The molecule has 0 rings (SSSR count). The fourth-order valence-electron chi connectivity index (χ4n) is 1.85. The van der Waals surface area contributed by atoms with E-state index in [1.165, 1.54) is 0 Å². The van der Waals surface area contributed by atoms with Crippen LogP contribution in [0.1, 0.15) is 73.6 Å². The summed E-state index contributed by atoms with van der Waals surface area (Å²) in [6.07, 6.45) is 5.32. The molecule has 16 heavy (non-hydrogen) atoms. The number of ether oxygens (including phenoxy) is 1. The van der Waals surface area contributed by atoms with E-state index in [1.54, 1.807) is 0 Å². The lowest BCUT2D eigenvalue weighted by molar-refractivity contribution is -0.0687. The van der Waals surface area contributed by atoms with Gasteiger partial charge in [-0.15, -0.1) is 0 Å². The largest absolute Gasteiger partial charge is 0.382 e. The van der Waals surface area contributed by atoms with Crippen molar-refractivity contribution in [3.63, 3.8) is 0 Å². The fourth-order valence-corrected chi connectivity index (χ4v) is 1.85. The molecule has 0 aromatic carbocycles. The second-order valence-electron chi connectivity index (χ2n) is 5.54. The number of hydrogen-bond acceptors (Lipinski definition) is 1. The average Bonchev–Trinajstić information content (AvgIpc) is 2.28. The third kappa shape index (κ3) is 4.90. The van der Waals surface area contributed by atoms with Crippen LogP contribution in [0.3, 0.4) is 0 Å². The molecule has 0 aliphatic carbocycles. The van der Waals surface area contributed by atoms with Gasteiger partial charge < -0.3 is 4.74 Å². The van der Waals surface area contributed by atoms with Crippen molar-refractivity contribution in [3.05, 3.63) is 0 Å². The summed E-state index contributed by atoms with van der Waals surface area (Å²) in [7, 11) is 6.13. The maximum absolute atomic E-state index is 6.13. The zero-order valence-electron chi connectivity index (χ0n) is 12.1. The minimum atomic E-state index is -0.130. The summed E-state index contributed by atoms with van der Waals surface area (Å²) < 4.78 is 6.01. The van der Waals surface area contributed by atoms with Crippen LogP contribution in [0, 0.1) is 5.41 Å². The first-order valence-corrected chi connectivity index (χ1v) is 6.78. The first-order valence-electron chi connectivity index (χ1n) is 6.78. The molecule has 1 nitrogen and oxygen atoms in total. The van der Waals surface area contributed by atoms with E-state index in [2.05, 4.69) is 41.5 Å². The molecule has 0 heterocycles. The van der Waals surface area contributed by atoms with Gasteiger partial charge in [-0.25, -0.2) is 0 Å². The summed E-state index contributed by atoms with van der Waals surface area (Å²) in [4.78, 5) is 0. The highest BCUT2D eigenvalue weighted by molar-refractivity contribution is 6.11. The van der Waals surface area contributed by atoms with Gasteiger partial charge in [-0.3, -0.25) is 0 Å². The van der Waals surface area contributed by atoms with E-state index >= 15 is 0 Å². The Bertz CT molecular complexity index is 163. The van der Waals surface area contributed by atoms with E-state index < -0.39 is 0 Å². The quantitative estimate of drug-likeness (QED) is 0.559. The van der Waals surface area contributed by atoms with E-state index in [9.17, 15) is 0 Å². The molecule has 1 unspecified atom stereocenters. The highest BCUT2D eigenvalue weighted by Crippen LogP contribution is 2.33. The minimum Gasteiger partial charge on any atom is -0.382 e. The van der Waals surface area contributed by atoms with Crippen LogP contribution in [0.5, 0.6) is 0 Å². The maximum atomic E-state index is 6.13. The normalized spacial score (nSPS) is 15.1. The molecule has 0 spiro atoms. The standard InChI is InChI=1S/C14H29BO/c1-7-13(5,8-2)11-12(15)16-14(6,9-3)10-4/h12H,7-11H2,1-6H3. The molecule has 0 bridgehead atoms. The summed E-state index contributed by atoms with van der Waals surface area (Å²) in [6.45, 7) is 13.2. The second-order valence-corrected chi connectivity index (χ2v) is 5.54. The molecule has 94 valence electrons. The molecule has 0 amide bonds. The van der Waals surface area contributed by atoms with Gasteiger partial charge in [0.15, 0.2) is 0 Å². The molecule has 0 fully saturated rings. The van der Waals surface area contributed by atoms with E-state index in [-0.39, 0.29) is 11.6 Å². The van der Waals surface area contributed by atoms with Gasteiger partial charge >= 0.3 is 0 Å². The summed E-state index contributed by atoms with van der Waals surface area (Å²) in [6, 6.07) is -0.130. The van der Waals surface area contributed by atoms with Gasteiger partial charge in [0.05, 0.1) is 5.60 Å². The SMILES string of the molecule is [B]C(CC(C)(CC)CC)OC(C)(CC)CC. The summed E-state index contributed by atoms with van der Waals surface area (Å²) in [5, 5.41) is 0. The Morgan fingerprint density at radius 3 is 1.69 bits per heavy atom. The smallest absolute Gasteiger partial charge is 0.109 e. The molecule has 0 N–H and O–H groups in total. The lowest BCUT2D eigenvalue weighted by Gasteiger charge is -2.36. The van der Waals surface area contributed by atoms with E-state index in [0.717, 1.165) is 32.1 Å². The first-order chi connectivity index (χ1) is 7.34. The van der Waals surface area contributed by atoms with Crippen LogP contribution in [-0.2, 0) is 4.74 Å². The molecule has 0 aromatic rings. The Hall–Kier alpha value is 0.0249. The highest BCUT2D eigenvalue weighted by Gasteiger charge is 2.27. The van der Waals surface area contributed by atoms with Crippen LogP contribution in [0.25, 0.3) is 0 Å². The van der Waals surface area contributed by atoms with Crippen molar-refractivity contribution in [2.24, 2.45) is 5.41 Å². The Kier molecular flexibility index (Phi) is 6.70. The molecule has 0 aromatic heterocycles. The van der Waals surface area contributed by atoms with Crippen LogP contribution >= 0.6 is 0 Å². The molecule has 0 saturated heterocycles. The molecule has 0 aliphatic heterocycles. The molecule has 0 saturated carbocycles. The van der Waals surface area contributed by atoms with Crippen molar-refractivity contribution in [2.75, 3.05) is 0 Å². The van der Waals surface area contributed by atoms with Crippen molar-refractivity contribution < 1.29 is 4.74 Å². The number of rotatable bonds is 8. The molecule has 1 atom stereocenters. The molecule has 0 aliphatic rings. The average molecular weight is 224 g/mol. The molecule has 2 heteroatoms. The number of hydrogen-bond donors (Lipinski definition) is 0. The third-order valence-corrected chi connectivity index (χ3v) is 4.33. The lowest BCUT2D eigenvalue weighted by Crippen LogP contribution is -2.35. The Morgan fingerprint density at radius 1 is 0.938 bits per heavy atom. The summed E-state index contributed by atoms with van der Waals surface area (Å²) in [5.41, 5.74) is 0.267. The lowest BCUT2D eigenvalue weighted by atomic mass is 9.75. The van der Waals surface area contributed by atoms with Crippen molar-refractivity contribution in [1.82, 2.24) is 0 Å². The van der Waals surface area contributed by atoms with Crippen molar-refractivity contribution in [3.8, 4) is 0 Å². The second kappa shape index (κ2) is 6.69. The van der Waals surface area contributed by atoms with Gasteiger partial charge in [-0.1, -0.05) is 47.5 Å². The molecular weight excluding hydrogens is 195 g/mol. The predicted octanol–water partition coefficient (Wildman–Crippen LogP) is 4.29. The van der Waals surface area contributed by atoms with Crippen LogP contribution in [0.2, 0.25) is 0 Å². The van der Waals surface area contributed by atoms with Gasteiger partial charge in [0, 0.05) is 6.00 Å². The van der Waals surface area contributed by atoms with Gasteiger partial charge in [0.1, 0.15) is 7.85 Å². The van der Waals surface area contributed by atoms with Gasteiger partial charge in [-0.2, -0.15) is 0 Å². The van der Waals surface area contributed by atoms with Crippen LogP contribution < -0.4 is 0 Å². The highest BCUT2D eigenvalue weighted by atomic mass is 16.5. The topological polar surface area (TPSA) is 9.23 Å². The van der Waals surface area contributed by atoms with Gasteiger partial charge in [0.25, 0.3) is 0 Å². The summed E-state index contributed by atoms with van der Waals surface area (Å²) >= 11 is 0. The zero-order chi connectivity index (χ0) is 12.8. The van der Waals surface area contributed by atoms with Crippen LogP contribution in [0.15, 0.2) is 0 Å². The summed E-state index contributed by atoms with van der Waals surface area (Å²) in [5.74, 6) is 0. The maximum Gasteiger partial charge on any atom is 0.109 e. The van der Waals surface area contributed by atoms with Crippen molar-refractivity contribution in [2.45, 2.75) is 85.3 Å². The van der Waals surface area contributed by atoms with E-state index in [0.29, 0.717) is 5.41 Å². The van der Waals surface area contributed by atoms with E-state index in [1.807, 2.05) is 0 Å².